The molecule has 0 spiro atoms. The van der Waals surface area contributed by atoms with Crippen molar-refractivity contribution in [3.8, 4) is 0 Å². The van der Waals surface area contributed by atoms with Gasteiger partial charge in [0.05, 0.1) is 0 Å². The first kappa shape index (κ1) is 44.0. The summed E-state index contributed by atoms with van der Waals surface area (Å²) in [5.41, 5.74) is 3.38. The molecule has 0 N–H and O–H groups in total. The van der Waals surface area contributed by atoms with Crippen LogP contribution in [0.2, 0.25) is 0 Å². The normalized spacial score (nSPS) is 18.2. The van der Waals surface area contributed by atoms with Crippen molar-refractivity contribution in [1.82, 2.24) is 4.67 Å². The molecule has 0 radical (unpaired) electrons. The average molecular weight is 908 g/mol. The van der Waals surface area contributed by atoms with E-state index in [1.165, 1.54) is 0 Å². The molecule has 1 saturated heterocycles. The van der Waals surface area contributed by atoms with Crippen LogP contribution < -0.4 is 0 Å². The van der Waals surface area contributed by atoms with Crippen molar-refractivity contribution in [3.05, 3.63) is 264 Å². The Kier molecular flexibility index (Phi) is 12.0. The number of hydrogen-bond donors (Lipinski definition) is 0. The fourth-order valence-corrected chi connectivity index (χ4v) is 12.9. The molecule has 336 valence electrons. The molecule has 0 amide bonds. The average Bonchev–Trinajstić information content (AvgIpc) is 3.54. The molecule has 0 saturated carbocycles. The van der Waals surface area contributed by atoms with Crippen molar-refractivity contribution < 1.29 is 18.5 Å². The Morgan fingerprint density at radius 3 is 0.912 bits per heavy atom. The second kappa shape index (κ2) is 18.5. The van der Waals surface area contributed by atoms with E-state index in [9.17, 15) is 0 Å². The van der Waals surface area contributed by atoms with E-state index in [2.05, 4.69) is 249 Å². The monoisotopic (exact) mass is 907 g/mol. The van der Waals surface area contributed by atoms with Gasteiger partial charge in [0.15, 0.2) is 11.2 Å². The molecule has 0 aromatic heterocycles. The van der Waals surface area contributed by atoms with Crippen LogP contribution in [-0.2, 0) is 29.7 Å². The van der Waals surface area contributed by atoms with Gasteiger partial charge in [0, 0.05) is 26.3 Å². The van der Waals surface area contributed by atoms with Gasteiger partial charge < -0.3 is 18.5 Å². The van der Waals surface area contributed by atoms with Crippen LogP contribution in [0.25, 0.3) is 43.1 Å². The van der Waals surface area contributed by atoms with Crippen molar-refractivity contribution in [2.45, 2.75) is 49.3 Å². The number of fused-ring (bicyclic) bond motifs is 4. The van der Waals surface area contributed by atoms with Crippen LogP contribution in [0, 0.1) is 0 Å². The lowest BCUT2D eigenvalue weighted by molar-refractivity contribution is -0.152. The fraction of sp³-hybridized carbons (Fsp3) is 0.161. The summed E-state index contributed by atoms with van der Waals surface area (Å²) in [5.74, 6) is 0. The molecule has 6 heteroatoms. The predicted octanol–water partition coefficient (Wildman–Crippen LogP) is 15.6. The first-order valence-electron chi connectivity index (χ1n) is 23.5. The first-order chi connectivity index (χ1) is 33.4. The van der Waals surface area contributed by atoms with E-state index < -0.39 is 31.9 Å². The second-order valence-electron chi connectivity index (χ2n) is 18.0. The highest BCUT2D eigenvalue weighted by Gasteiger charge is 2.63. The van der Waals surface area contributed by atoms with Gasteiger partial charge in [-0.05, 0) is 115 Å². The van der Waals surface area contributed by atoms with Crippen LogP contribution in [0.15, 0.2) is 231 Å². The fourth-order valence-electron chi connectivity index (χ4n) is 10.7. The van der Waals surface area contributed by atoms with E-state index in [0.29, 0.717) is 0 Å². The van der Waals surface area contributed by atoms with Crippen LogP contribution in [0.4, 0.5) is 0 Å². The van der Waals surface area contributed by atoms with Crippen LogP contribution >= 0.6 is 8.53 Å². The Balaban J connectivity index is 1.29. The number of nitrogens with zero attached hydrogens (tertiary/aromatic N) is 1. The van der Waals surface area contributed by atoms with E-state index in [4.69, 9.17) is 18.5 Å². The maximum atomic E-state index is 8.39. The molecule has 1 aliphatic rings. The van der Waals surface area contributed by atoms with Crippen molar-refractivity contribution in [3.63, 3.8) is 0 Å². The zero-order valence-electron chi connectivity index (χ0n) is 38.8. The molecular weight excluding hydrogens is 854 g/mol. The molecule has 0 aliphatic carbocycles. The summed E-state index contributed by atoms with van der Waals surface area (Å²) >= 11 is 0. The SMILES string of the molecule is CO[C@H]1[C@H](OC)C(c2ccc3ccccc3c2)(c2ccc3ccccc3c2)OP(N([C@@H](C)c2ccccc2)[C@@H](C)c2ccccc2)OC1(c1ccc2ccccc2c1)c1ccc2ccccc2c1. The van der Waals surface area contributed by atoms with E-state index in [1.807, 2.05) is 0 Å². The molecular formula is C62H54NO4P. The molecule has 10 aromatic rings. The van der Waals surface area contributed by atoms with E-state index >= 15 is 0 Å². The third-order valence-corrected chi connectivity index (χ3v) is 16.2. The Morgan fingerprint density at radius 2 is 0.632 bits per heavy atom. The second-order valence-corrected chi connectivity index (χ2v) is 19.3. The number of methoxy groups -OCH3 is 2. The number of benzene rings is 10. The van der Waals surface area contributed by atoms with Crippen LogP contribution in [0.3, 0.4) is 0 Å². The molecule has 4 atom stereocenters. The van der Waals surface area contributed by atoms with Gasteiger partial charge >= 0.3 is 0 Å². The van der Waals surface area contributed by atoms with Crippen LogP contribution in [0.1, 0.15) is 59.3 Å². The molecule has 11 rings (SSSR count). The Labute approximate surface area is 400 Å². The van der Waals surface area contributed by atoms with Gasteiger partial charge in [-0.1, -0.05) is 206 Å². The summed E-state index contributed by atoms with van der Waals surface area (Å²) in [7, 11) is 1.47. The molecule has 68 heavy (non-hydrogen) atoms. The van der Waals surface area contributed by atoms with Gasteiger partial charge in [-0.3, -0.25) is 0 Å². The summed E-state index contributed by atoms with van der Waals surface area (Å²) in [6.07, 6.45) is -1.61. The predicted molar refractivity (Wildman–Crippen MR) is 280 cm³/mol. The van der Waals surface area contributed by atoms with Crippen LogP contribution in [-0.4, -0.2) is 31.1 Å². The third-order valence-electron chi connectivity index (χ3n) is 14.3. The maximum Gasteiger partial charge on any atom is 0.262 e. The van der Waals surface area contributed by atoms with Gasteiger partial charge in [0.2, 0.25) is 0 Å². The lowest BCUT2D eigenvalue weighted by atomic mass is 9.71. The third kappa shape index (κ3) is 7.61. The lowest BCUT2D eigenvalue weighted by Gasteiger charge is -2.45. The van der Waals surface area contributed by atoms with Crippen molar-refractivity contribution >= 4 is 51.6 Å². The molecule has 0 unspecified atom stereocenters. The molecule has 5 nitrogen and oxygen atoms in total. The number of rotatable bonds is 11. The zero-order chi connectivity index (χ0) is 46.2. The maximum absolute atomic E-state index is 8.39. The number of ether oxygens (including phenoxy) is 2. The van der Waals surface area contributed by atoms with Gasteiger partial charge in [0.1, 0.15) is 12.2 Å². The van der Waals surface area contributed by atoms with Gasteiger partial charge in [-0.15, -0.1) is 0 Å². The minimum atomic E-state index is -2.12. The van der Waals surface area contributed by atoms with E-state index in [1.54, 1.807) is 14.2 Å². The Morgan fingerprint density at radius 1 is 0.368 bits per heavy atom. The number of hydrogen-bond acceptors (Lipinski definition) is 5. The molecule has 10 aromatic carbocycles. The molecule has 1 aliphatic heterocycles. The quantitative estimate of drug-likeness (QED) is 0.121. The topological polar surface area (TPSA) is 40.2 Å². The van der Waals surface area contributed by atoms with E-state index in [0.717, 1.165) is 76.5 Å². The summed E-state index contributed by atoms with van der Waals surface area (Å²) in [6, 6.07) is 81.9. The summed E-state index contributed by atoms with van der Waals surface area (Å²) in [5, 5.41) is 8.90. The summed E-state index contributed by atoms with van der Waals surface area (Å²) < 4.78 is 33.6. The van der Waals surface area contributed by atoms with Crippen molar-refractivity contribution in [2.75, 3.05) is 14.2 Å². The van der Waals surface area contributed by atoms with Crippen molar-refractivity contribution in [1.29, 1.82) is 0 Å². The first-order valence-corrected chi connectivity index (χ1v) is 24.6. The zero-order valence-corrected chi connectivity index (χ0v) is 39.7. The standard InChI is InChI=1S/C62H54NO4P/c1-43(45-19-7-5-8-20-45)63(44(2)46-21-9-6-10-22-46)68-66-61(55-35-31-47-23-11-15-27-51(47)39-55,56-36-32-48-24-12-16-28-52(48)40-56)59(64-3)60(65-4)62(67-68,57-37-33-49-25-13-17-29-53(49)41-57)58-38-34-50-26-14-18-30-54(50)42-58/h5-44,59-60H,1-4H3/t43-,44-,59-,60-/m0/s1. The Hall–Kier alpha value is -6.53. The van der Waals surface area contributed by atoms with Gasteiger partial charge in [0.25, 0.3) is 8.53 Å². The highest BCUT2D eigenvalue weighted by Crippen LogP contribution is 2.67. The summed E-state index contributed by atoms with van der Waals surface area (Å²) in [4.78, 5) is 0. The minimum Gasteiger partial charge on any atom is -0.375 e. The largest absolute Gasteiger partial charge is 0.375 e. The van der Waals surface area contributed by atoms with Gasteiger partial charge in [-0.2, -0.15) is 0 Å². The summed E-state index contributed by atoms with van der Waals surface area (Å²) in [6.45, 7) is 4.55. The van der Waals surface area contributed by atoms with Gasteiger partial charge in [-0.25, -0.2) is 4.67 Å². The minimum absolute atomic E-state index is 0.186. The van der Waals surface area contributed by atoms with Crippen LogP contribution in [0.5, 0.6) is 0 Å². The molecule has 0 bridgehead atoms. The van der Waals surface area contributed by atoms with E-state index in [-0.39, 0.29) is 12.1 Å². The molecule has 1 fully saturated rings. The van der Waals surface area contributed by atoms with Crippen molar-refractivity contribution in [2.24, 2.45) is 0 Å². The molecule has 1 heterocycles. The Bertz CT molecular complexity index is 3000. The smallest absolute Gasteiger partial charge is 0.262 e. The highest BCUT2D eigenvalue weighted by atomic mass is 31.2. The lowest BCUT2D eigenvalue weighted by Crippen LogP contribution is -2.56. The highest BCUT2D eigenvalue weighted by molar-refractivity contribution is 7.44.